The van der Waals surface area contributed by atoms with Crippen LogP contribution in [-0.2, 0) is 13.3 Å². The van der Waals surface area contributed by atoms with Crippen molar-refractivity contribution in [1.29, 1.82) is 0 Å². The predicted octanol–water partition coefficient (Wildman–Crippen LogP) is 8.59. The van der Waals surface area contributed by atoms with Gasteiger partial charge in [0.25, 0.3) is 0 Å². The quantitative estimate of drug-likeness (QED) is 0.246. The number of benzene rings is 3. The van der Waals surface area contributed by atoms with E-state index in [1.807, 2.05) is 45.0 Å². The zero-order valence-corrected chi connectivity index (χ0v) is 26.3. The van der Waals surface area contributed by atoms with Gasteiger partial charge in [-0.15, -0.1) is 0 Å². The molecule has 0 unspecified atom stereocenters. The van der Waals surface area contributed by atoms with Crippen LogP contribution in [-0.4, -0.2) is 30.6 Å². The Morgan fingerprint density at radius 3 is 1.31 bits per heavy atom. The van der Waals surface area contributed by atoms with E-state index in [1.54, 1.807) is 0 Å². The summed E-state index contributed by atoms with van der Waals surface area (Å²) < 4.78 is 5.50. The van der Waals surface area contributed by atoms with Crippen molar-refractivity contribution in [3.8, 4) is 0 Å². The molecule has 0 saturated carbocycles. The first-order chi connectivity index (χ1) is 15.0. The Kier molecular flexibility index (Phi) is 14.2. The second kappa shape index (κ2) is 15.4. The van der Waals surface area contributed by atoms with Gasteiger partial charge in [-0.25, -0.2) is 0 Å². The average molecular weight is 678 g/mol. The van der Waals surface area contributed by atoms with E-state index in [1.165, 1.54) is 16.2 Å². The molecule has 0 amide bonds. The average Bonchev–Trinajstić information content (AvgIpc) is 2.77. The van der Waals surface area contributed by atoms with Gasteiger partial charge in [0.2, 0.25) is 0 Å². The van der Waals surface area contributed by atoms with Crippen molar-refractivity contribution in [3.63, 3.8) is 0 Å². The van der Waals surface area contributed by atoms with Crippen LogP contribution in [0.2, 0.25) is 0 Å². The zero-order chi connectivity index (χ0) is 24.1. The molecule has 0 atom stereocenters. The third-order valence-corrected chi connectivity index (χ3v) is 18.2. The van der Waals surface area contributed by atoms with Crippen LogP contribution < -0.4 is 10.6 Å². The number of rotatable bonds is 3. The topological polar surface area (TPSA) is 12.4 Å². The first-order valence-corrected chi connectivity index (χ1v) is 24.8. The number of aryl methyl sites for hydroxylation is 1. The fraction of sp³-hybridized carbons (Fsp3) is 0.269. The zero-order valence-electron chi connectivity index (χ0n) is 20.1. The van der Waals surface area contributed by atoms with Crippen molar-refractivity contribution in [2.24, 2.45) is 3.50 Å². The summed E-state index contributed by atoms with van der Waals surface area (Å²) in [6, 6.07) is 29.2. The van der Waals surface area contributed by atoms with Gasteiger partial charge in [-0.05, 0) is 37.3 Å². The number of hydrogen-bond acceptors (Lipinski definition) is 1. The number of halogens is 2. The van der Waals surface area contributed by atoms with Crippen molar-refractivity contribution in [2.45, 2.75) is 20.8 Å². The second-order valence-electron chi connectivity index (χ2n) is 7.74. The van der Waals surface area contributed by atoms with Crippen LogP contribution in [0, 0.1) is 6.92 Å². The van der Waals surface area contributed by atoms with Gasteiger partial charge in [-0.2, -0.15) is 0 Å². The van der Waals surface area contributed by atoms with Gasteiger partial charge in [0.15, 0.2) is 0 Å². The molecule has 6 heteroatoms. The molecular formula is C26H35Cl2NP2W. The van der Waals surface area contributed by atoms with E-state index in [4.69, 9.17) is 18.8 Å². The van der Waals surface area contributed by atoms with Crippen molar-refractivity contribution in [2.75, 3.05) is 26.7 Å². The van der Waals surface area contributed by atoms with Crippen molar-refractivity contribution in [1.82, 2.24) is 0 Å². The predicted molar refractivity (Wildman–Crippen MR) is 151 cm³/mol. The summed E-state index contributed by atoms with van der Waals surface area (Å²) in [5.74, 6) is 0. The first-order valence-electron chi connectivity index (χ1n) is 10.3. The van der Waals surface area contributed by atoms with Crippen LogP contribution in [0.25, 0.3) is 0 Å². The Hall–Kier alpha value is -0.542. The normalized spacial score (nSPS) is 10.6. The maximum absolute atomic E-state index is 6.22. The van der Waals surface area contributed by atoms with Gasteiger partial charge < -0.3 is 0 Å². The summed E-state index contributed by atoms with van der Waals surface area (Å²) in [7, 11) is 12.6. The van der Waals surface area contributed by atoms with Crippen LogP contribution in [0.5, 0.6) is 0 Å². The van der Waals surface area contributed by atoms with E-state index in [0.29, 0.717) is 0 Å². The number of hydrogen-bond donors (Lipinski definition) is 0. The summed E-state index contributed by atoms with van der Waals surface area (Å²) in [6.07, 6.45) is 0. The van der Waals surface area contributed by atoms with Gasteiger partial charge in [0.05, 0.1) is 0 Å². The third-order valence-electron chi connectivity index (χ3n) is 4.29. The Balaban J connectivity index is 0.000000250. The molecule has 0 bridgehead atoms. The van der Waals surface area contributed by atoms with E-state index in [0.717, 1.165) is 9.59 Å². The van der Waals surface area contributed by atoms with E-state index in [9.17, 15) is 0 Å². The maximum atomic E-state index is 6.22. The molecule has 0 aliphatic heterocycles. The van der Waals surface area contributed by atoms with Crippen LogP contribution in [0.3, 0.4) is 0 Å². The molecule has 3 rings (SSSR count). The first kappa shape index (κ1) is 29.5. The van der Waals surface area contributed by atoms with E-state index in [-0.39, 0.29) is 15.8 Å². The van der Waals surface area contributed by atoms with Crippen molar-refractivity contribution < 1.29 is 13.3 Å². The molecule has 0 aliphatic carbocycles. The summed E-state index contributed by atoms with van der Waals surface area (Å²) in [6.45, 7) is 15.0. The fourth-order valence-electron chi connectivity index (χ4n) is 2.28. The molecular weight excluding hydrogens is 643 g/mol. The summed E-state index contributed by atoms with van der Waals surface area (Å²) in [5.41, 5.74) is 2.10. The Morgan fingerprint density at radius 2 is 1.03 bits per heavy atom. The van der Waals surface area contributed by atoms with E-state index >= 15 is 0 Å². The molecule has 0 spiro atoms. The minimum atomic E-state index is -3.27. The van der Waals surface area contributed by atoms with Gasteiger partial charge in [0, 0.05) is 0 Å². The van der Waals surface area contributed by atoms with Gasteiger partial charge in [-0.1, -0.05) is 76.5 Å². The van der Waals surface area contributed by atoms with E-state index in [2.05, 4.69) is 90.8 Å². The Labute approximate surface area is 208 Å². The SMILES string of the molecule is CP(C)c1ccccc1.CP(C)c1ccccc1.C[C](C)=[W]([Cl])([Cl])=[N]c1ccc(C)cc1. The van der Waals surface area contributed by atoms with Crippen LogP contribution in [0.1, 0.15) is 19.4 Å². The second-order valence-corrected chi connectivity index (χ2v) is 27.7. The molecule has 0 N–H and O–H groups in total. The molecule has 3 aromatic rings. The standard InChI is InChI=1S/2C8H11P.C7H7N.C3H6.2ClH.W/c2*1-9(2)8-6-4-3-5-7-8;1-6-2-4-7(8)5-3-6;1-3-2;;;/h2*3-7H,1-2H3;2-5H,1H3;1-2H3;2*1H;/q;;;;;;+2/p-2. The minimum absolute atomic E-state index is 0.104. The van der Waals surface area contributed by atoms with Crippen LogP contribution in [0.15, 0.2) is 88.4 Å². The fourth-order valence-corrected chi connectivity index (χ4v) is 7.17. The Morgan fingerprint density at radius 1 is 0.656 bits per heavy atom. The molecule has 174 valence electrons. The van der Waals surface area contributed by atoms with Gasteiger partial charge in [0.1, 0.15) is 0 Å². The van der Waals surface area contributed by atoms with Crippen LogP contribution in [0.4, 0.5) is 5.69 Å². The molecule has 0 aromatic heterocycles. The molecule has 0 aliphatic rings. The molecule has 0 saturated heterocycles. The molecule has 0 radical (unpaired) electrons. The summed E-state index contributed by atoms with van der Waals surface area (Å²) in [5, 5.41) is 2.96. The molecule has 32 heavy (non-hydrogen) atoms. The summed E-state index contributed by atoms with van der Waals surface area (Å²) >= 11 is -3.27. The molecule has 0 heterocycles. The Bertz CT molecular complexity index is 987. The van der Waals surface area contributed by atoms with Crippen LogP contribution >= 0.6 is 34.7 Å². The monoisotopic (exact) mass is 677 g/mol. The van der Waals surface area contributed by atoms with Crippen molar-refractivity contribution >= 4 is 54.9 Å². The van der Waals surface area contributed by atoms with Crippen molar-refractivity contribution in [3.05, 3.63) is 90.5 Å². The third kappa shape index (κ3) is 12.1. The molecule has 1 nitrogen and oxygen atoms in total. The van der Waals surface area contributed by atoms with Gasteiger partial charge in [-0.3, -0.25) is 0 Å². The molecule has 0 fully saturated rings. The van der Waals surface area contributed by atoms with E-state index < -0.39 is 13.3 Å². The van der Waals surface area contributed by atoms with Gasteiger partial charge >= 0.3 is 95.9 Å². The number of nitrogens with zero attached hydrogens (tertiary/aromatic N) is 1. The summed E-state index contributed by atoms with van der Waals surface area (Å²) in [4.78, 5) is 0. The molecule has 3 aromatic carbocycles.